The summed E-state index contributed by atoms with van der Waals surface area (Å²) in [6, 6.07) is -0.188. The van der Waals surface area contributed by atoms with Crippen LogP contribution >= 0.6 is 0 Å². The molecule has 0 saturated heterocycles. The monoisotopic (exact) mass is 215 g/mol. The van der Waals surface area contributed by atoms with Crippen molar-refractivity contribution in [2.75, 3.05) is 26.2 Å². The summed E-state index contributed by atoms with van der Waals surface area (Å²) >= 11 is 0. The maximum Gasteiger partial charge on any atom is 0.317 e. The Hall–Kier alpha value is -1.26. The topological polar surface area (TPSA) is 61.4 Å². The second-order valence-electron chi connectivity index (χ2n) is 3.18. The van der Waals surface area contributed by atoms with E-state index in [1.807, 2.05) is 20.8 Å². The van der Waals surface area contributed by atoms with Crippen molar-refractivity contribution in [1.29, 1.82) is 0 Å². The zero-order chi connectivity index (χ0) is 11.7. The fourth-order valence-electron chi connectivity index (χ4n) is 1.11. The van der Waals surface area contributed by atoms with Gasteiger partial charge in [-0.15, -0.1) is 0 Å². The smallest absolute Gasteiger partial charge is 0.317 e. The molecule has 0 aliphatic rings. The number of carbonyl (C=O) groups is 2. The lowest BCUT2D eigenvalue weighted by Crippen LogP contribution is -2.44. The Labute approximate surface area is 91.2 Å². The first-order chi connectivity index (χ1) is 7.15. The van der Waals surface area contributed by atoms with Crippen LogP contribution in [0.2, 0.25) is 0 Å². The average molecular weight is 215 g/mol. The first-order valence-corrected chi connectivity index (χ1v) is 5.45. The summed E-state index contributed by atoms with van der Waals surface area (Å²) in [5, 5.41) is 5.26. The molecule has 2 N–H and O–H groups in total. The number of carbonyl (C=O) groups excluding carboxylic acids is 2. The Balaban J connectivity index is 3.74. The van der Waals surface area contributed by atoms with E-state index in [9.17, 15) is 9.59 Å². The van der Waals surface area contributed by atoms with Gasteiger partial charge in [-0.05, 0) is 20.3 Å². The van der Waals surface area contributed by atoms with Gasteiger partial charge in [-0.1, -0.05) is 6.92 Å². The molecule has 0 aromatic heterocycles. The molecule has 15 heavy (non-hydrogen) atoms. The molecule has 0 spiro atoms. The van der Waals surface area contributed by atoms with Crippen molar-refractivity contribution in [2.45, 2.75) is 27.2 Å². The minimum atomic E-state index is -0.188. The third kappa shape index (κ3) is 5.93. The van der Waals surface area contributed by atoms with Gasteiger partial charge in [-0.3, -0.25) is 4.79 Å². The molecule has 0 bridgehead atoms. The molecule has 0 fully saturated rings. The van der Waals surface area contributed by atoms with Crippen LogP contribution in [-0.2, 0) is 4.79 Å². The number of hydrogen-bond acceptors (Lipinski definition) is 2. The highest BCUT2D eigenvalue weighted by Crippen LogP contribution is 1.87. The average Bonchev–Trinajstić information content (AvgIpc) is 2.25. The summed E-state index contributed by atoms with van der Waals surface area (Å²) in [7, 11) is 0. The van der Waals surface area contributed by atoms with Crippen LogP contribution in [0.1, 0.15) is 27.2 Å². The van der Waals surface area contributed by atoms with Crippen LogP contribution in [0.3, 0.4) is 0 Å². The van der Waals surface area contributed by atoms with Crippen molar-refractivity contribution in [2.24, 2.45) is 0 Å². The third-order valence-electron chi connectivity index (χ3n) is 2.02. The third-order valence-corrected chi connectivity index (χ3v) is 2.02. The first kappa shape index (κ1) is 13.7. The van der Waals surface area contributed by atoms with Gasteiger partial charge in [0.25, 0.3) is 0 Å². The summed E-state index contributed by atoms with van der Waals surface area (Å²) < 4.78 is 0. The number of rotatable bonds is 6. The standard InChI is InChI=1S/C10H21N3O2/c1-4-7-11-9(14)8-12-10(15)13(5-2)6-3/h4-8H2,1-3H3,(H,11,14)(H,12,15). The molecule has 0 aromatic rings. The highest BCUT2D eigenvalue weighted by atomic mass is 16.2. The predicted octanol–water partition coefficient (Wildman–Crippen LogP) is 0.564. The van der Waals surface area contributed by atoms with Crippen LogP contribution in [0.15, 0.2) is 0 Å². The molecule has 5 nitrogen and oxygen atoms in total. The quantitative estimate of drug-likeness (QED) is 0.680. The highest BCUT2D eigenvalue weighted by molar-refractivity contribution is 5.83. The van der Waals surface area contributed by atoms with Gasteiger partial charge in [-0.2, -0.15) is 0 Å². The van der Waals surface area contributed by atoms with E-state index >= 15 is 0 Å². The van der Waals surface area contributed by atoms with E-state index in [-0.39, 0.29) is 18.5 Å². The Morgan fingerprint density at radius 3 is 2.13 bits per heavy atom. The molecule has 0 aromatic carbocycles. The van der Waals surface area contributed by atoms with Crippen molar-refractivity contribution in [3.8, 4) is 0 Å². The molecule has 0 rings (SSSR count). The summed E-state index contributed by atoms with van der Waals surface area (Å²) in [6.07, 6.45) is 0.899. The fourth-order valence-corrected chi connectivity index (χ4v) is 1.11. The van der Waals surface area contributed by atoms with Gasteiger partial charge < -0.3 is 15.5 Å². The number of amides is 3. The molecule has 0 aliphatic heterocycles. The molecule has 0 unspecified atom stereocenters. The lowest BCUT2D eigenvalue weighted by Gasteiger charge is -2.18. The first-order valence-electron chi connectivity index (χ1n) is 5.45. The van der Waals surface area contributed by atoms with E-state index in [1.165, 1.54) is 0 Å². The largest absolute Gasteiger partial charge is 0.355 e. The molecule has 5 heteroatoms. The van der Waals surface area contributed by atoms with E-state index in [2.05, 4.69) is 10.6 Å². The zero-order valence-corrected chi connectivity index (χ0v) is 9.80. The number of hydrogen-bond donors (Lipinski definition) is 2. The van der Waals surface area contributed by atoms with Crippen molar-refractivity contribution < 1.29 is 9.59 Å². The van der Waals surface area contributed by atoms with Gasteiger partial charge in [-0.25, -0.2) is 4.79 Å². The molecule has 3 amide bonds. The predicted molar refractivity (Wildman–Crippen MR) is 59.6 cm³/mol. The maximum atomic E-state index is 11.4. The van der Waals surface area contributed by atoms with E-state index < -0.39 is 0 Å². The lowest BCUT2D eigenvalue weighted by molar-refractivity contribution is -0.120. The van der Waals surface area contributed by atoms with Gasteiger partial charge in [0.15, 0.2) is 0 Å². The van der Waals surface area contributed by atoms with Crippen LogP contribution in [0.5, 0.6) is 0 Å². The Morgan fingerprint density at radius 2 is 1.67 bits per heavy atom. The summed E-state index contributed by atoms with van der Waals surface area (Å²) in [6.45, 7) is 7.79. The molecule has 0 atom stereocenters. The van der Waals surface area contributed by atoms with Crippen molar-refractivity contribution in [1.82, 2.24) is 15.5 Å². The number of nitrogens with zero attached hydrogens (tertiary/aromatic N) is 1. The van der Waals surface area contributed by atoms with Crippen LogP contribution in [-0.4, -0.2) is 43.0 Å². The summed E-state index contributed by atoms with van der Waals surface area (Å²) in [5.74, 6) is -0.141. The number of nitrogens with one attached hydrogen (secondary N) is 2. The highest BCUT2D eigenvalue weighted by Gasteiger charge is 2.09. The zero-order valence-electron chi connectivity index (χ0n) is 9.80. The van der Waals surface area contributed by atoms with E-state index in [0.29, 0.717) is 19.6 Å². The van der Waals surface area contributed by atoms with Gasteiger partial charge in [0, 0.05) is 19.6 Å². The van der Waals surface area contributed by atoms with Crippen LogP contribution in [0.25, 0.3) is 0 Å². The lowest BCUT2D eigenvalue weighted by atomic mass is 10.4. The molecule has 0 radical (unpaired) electrons. The van der Waals surface area contributed by atoms with E-state index in [0.717, 1.165) is 6.42 Å². The Morgan fingerprint density at radius 1 is 1.07 bits per heavy atom. The summed E-state index contributed by atoms with van der Waals surface area (Å²) in [4.78, 5) is 24.2. The minimum absolute atomic E-state index is 0.0509. The van der Waals surface area contributed by atoms with Crippen molar-refractivity contribution in [3.63, 3.8) is 0 Å². The van der Waals surface area contributed by atoms with Gasteiger partial charge in [0.1, 0.15) is 0 Å². The van der Waals surface area contributed by atoms with Gasteiger partial charge in [0.2, 0.25) is 5.91 Å². The number of urea groups is 1. The molecule has 0 saturated carbocycles. The van der Waals surface area contributed by atoms with E-state index in [1.54, 1.807) is 4.90 Å². The molecular formula is C10H21N3O2. The van der Waals surface area contributed by atoms with Gasteiger partial charge >= 0.3 is 6.03 Å². The maximum absolute atomic E-state index is 11.4. The van der Waals surface area contributed by atoms with Crippen LogP contribution in [0.4, 0.5) is 4.79 Å². The van der Waals surface area contributed by atoms with Crippen LogP contribution < -0.4 is 10.6 Å². The summed E-state index contributed by atoms with van der Waals surface area (Å²) in [5.41, 5.74) is 0. The minimum Gasteiger partial charge on any atom is -0.355 e. The van der Waals surface area contributed by atoms with Crippen LogP contribution in [0, 0.1) is 0 Å². The molecule has 88 valence electrons. The second-order valence-corrected chi connectivity index (χ2v) is 3.18. The van der Waals surface area contributed by atoms with Gasteiger partial charge in [0.05, 0.1) is 6.54 Å². The second kappa shape index (κ2) is 8.08. The molecule has 0 aliphatic carbocycles. The van der Waals surface area contributed by atoms with Crippen molar-refractivity contribution >= 4 is 11.9 Å². The fraction of sp³-hybridized carbons (Fsp3) is 0.800. The Kier molecular flexibility index (Phi) is 7.40. The molecular weight excluding hydrogens is 194 g/mol. The SMILES string of the molecule is CCCNC(=O)CNC(=O)N(CC)CC. The van der Waals surface area contributed by atoms with Crippen molar-refractivity contribution in [3.05, 3.63) is 0 Å². The van der Waals surface area contributed by atoms with E-state index in [4.69, 9.17) is 0 Å². The molecule has 0 heterocycles. The normalized spacial score (nSPS) is 9.53. The Bertz CT molecular complexity index is 203.